The molecule has 80 valence electrons. The van der Waals surface area contributed by atoms with Crippen LogP contribution in [0.15, 0.2) is 30.3 Å². The van der Waals surface area contributed by atoms with Crippen molar-refractivity contribution < 1.29 is 4.79 Å². The van der Waals surface area contributed by atoms with Gasteiger partial charge in [0.05, 0.1) is 6.04 Å². The SMILES string of the molecule is CN1C(C=O)CCCC1c1ccccc1. The first-order valence-electron chi connectivity index (χ1n) is 5.55. The van der Waals surface area contributed by atoms with Crippen LogP contribution >= 0.6 is 0 Å². The first-order chi connectivity index (χ1) is 7.33. The zero-order valence-corrected chi connectivity index (χ0v) is 9.10. The van der Waals surface area contributed by atoms with E-state index < -0.39 is 0 Å². The van der Waals surface area contributed by atoms with Crippen molar-refractivity contribution in [3.63, 3.8) is 0 Å². The van der Waals surface area contributed by atoms with E-state index in [-0.39, 0.29) is 6.04 Å². The van der Waals surface area contributed by atoms with Gasteiger partial charge in [-0.05, 0) is 31.9 Å². The summed E-state index contributed by atoms with van der Waals surface area (Å²) in [6.07, 6.45) is 4.39. The van der Waals surface area contributed by atoms with E-state index >= 15 is 0 Å². The number of nitrogens with zero attached hydrogens (tertiary/aromatic N) is 1. The van der Waals surface area contributed by atoms with Crippen LogP contribution in [0.4, 0.5) is 0 Å². The summed E-state index contributed by atoms with van der Waals surface area (Å²) in [5, 5.41) is 0. The lowest BCUT2D eigenvalue weighted by Gasteiger charge is -2.37. The van der Waals surface area contributed by atoms with Crippen LogP contribution in [0.25, 0.3) is 0 Å². The van der Waals surface area contributed by atoms with Crippen LogP contribution in [-0.4, -0.2) is 24.3 Å². The maximum absolute atomic E-state index is 10.9. The molecule has 0 N–H and O–H groups in total. The molecule has 0 spiro atoms. The second-order valence-corrected chi connectivity index (χ2v) is 4.23. The molecule has 1 aromatic rings. The predicted molar refractivity (Wildman–Crippen MR) is 60.6 cm³/mol. The van der Waals surface area contributed by atoms with Crippen LogP contribution in [0.2, 0.25) is 0 Å². The maximum Gasteiger partial charge on any atom is 0.137 e. The molecule has 0 aromatic heterocycles. The molecule has 2 rings (SSSR count). The quantitative estimate of drug-likeness (QED) is 0.688. The van der Waals surface area contributed by atoms with E-state index in [2.05, 4.69) is 36.2 Å². The molecule has 1 saturated heterocycles. The molecule has 1 fully saturated rings. The van der Waals surface area contributed by atoms with Gasteiger partial charge in [-0.3, -0.25) is 4.90 Å². The number of likely N-dealkylation sites (tertiary alicyclic amines) is 1. The third kappa shape index (κ3) is 2.10. The van der Waals surface area contributed by atoms with Crippen molar-refractivity contribution >= 4 is 6.29 Å². The topological polar surface area (TPSA) is 20.3 Å². The molecule has 2 atom stereocenters. The Morgan fingerprint density at radius 2 is 2.00 bits per heavy atom. The van der Waals surface area contributed by atoms with Gasteiger partial charge in [0.15, 0.2) is 0 Å². The highest BCUT2D eigenvalue weighted by molar-refractivity contribution is 5.57. The molecule has 0 amide bonds. The van der Waals surface area contributed by atoms with E-state index in [1.165, 1.54) is 5.56 Å². The van der Waals surface area contributed by atoms with Gasteiger partial charge in [-0.1, -0.05) is 30.3 Å². The molecular formula is C13H17NO. The van der Waals surface area contributed by atoms with Gasteiger partial charge < -0.3 is 4.79 Å². The average Bonchev–Trinajstić information content (AvgIpc) is 2.30. The number of hydrogen-bond acceptors (Lipinski definition) is 2. The minimum absolute atomic E-state index is 0.101. The third-order valence-electron chi connectivity index (χ3n) is 3.33. The number of likely N-dealkylation sites (N-methyl/N-ethyl adjacent to an activating group) is 1. The lowest BCUT2D eigenvalue weighted by atomic mass is 9.92. The summed E-state index contributed by atoms with van der Waals surface area (Å²) >= 11 is 0. The molecule has 2 nitrogen and oxygen atoms in total. The Bertz CT molecular complexity index is 323. The Morgan fingerprint density at radius 1 is 1.27 bits per heavy atom. The predicted octanol–water partition coefficient (Wildman–Crippen LogP) is 2.41. The lowest BCUT2D eigenvalue weighted by molar-refractivity contribution is -0.114. The summed E-state index contributed by atoms with van der Waals surface area (Å²) in [6.45, 7) is 0. The third-order valence-corrected chi connectivity index (χ3v) is 3.33. The van der Waals surface area contributed by atoms with Gasteiger partial charge in [-0.2, -0.15) is 0 Å². The van der Waals surface area contributed by atoms with Gasteiger partial charge in [0, 0.05) is 6.04 Å². The summed E-state index contributed by atoms with van der Waals surface area (Å²) in [4.78, 5) is 13.1. The summed E-state index contributed by atoms with van der Waals surface area (Å²) in [6, 6.07) is 11.0. The second-order valence-electron chi connectivity index (χ2n) is 4.23. The first-order valence-corrected chi connectivity index (χ1v) is 5.55. The number of benzene rings is 1. The fourth-order valence-electron chi connectivity index (χ4n) is 2.40. The number of carbonyl (C=O) groups excluding carboxylic acids is 1. The molecule has 0 aliphatic carbocycles. The van der Waals surface area contributed by atoms with E-state index in [1.807, 2.05) is 6.07 Å². The fourth-order valence-corrected chi connectivity index (χ4v) is 2.40. The molecule has 1 aliphatic rings. The van der Waals surface area contributed by atoms with E-state index in [0.717, 1.165) is 25.5 Å². The maximum atomic E-state index is 10.9. The average molecular weight is 203 g/mol. The minimum Gasteiger partial charge on any atom is -0.302 e. The van der Waals surface area contributed by atoms with Crippen LogP contribution in [-0.2, 0) is 4.79 Å². The van der Waals surface area contributed by atoms with Crippen LogP contribution in [0, 0.1) is 0 Å². The number of aldehydes is 1. The zero-order valence-electron chi connectivity index (χ0n) is 9.10. The molecule has 0 saturated carbocycles. The largest absolute Gasteiger partial charge is 0.302 e. The van der Waals surface area contributed by atoms with Gasteiger partial charge in [0.1, 0.15) is 6.29 Å². The molecule has 0 radical (unpaired) electrons. The Hall–Kier alpha value is -1.15. The van der Waals surface area contributed by atoms with E-state index in [1.54, 1.807) is 0 Å². The van der Waals surface area contributed by atoms with Crippen LogP contribution in [0.1, 0.15) is 30.9 Å². The van der Waals surface area contributed by atoms with Crippen molar-refractivity contribution in [2.45, 2.75) is 31.3 Å². The standard InChI is InChI=1S/C13H17NO/c1-14-12(10-15)8-5-9-13(14)11-6-3-2-4-7-11/h2-4,6-7,10,12-13H,5,8-9H2,1H3. The second kappa shape index (κ2) is 4.58. The number of hydrogen-bond donors (Lipinski definition) is 0. The number of rotatable bonds is 2. The zero-order chi connectivity index (χ0) is 10.7. The summed E-state index contributed by atoms with van der Waals surface area (Å²) in [5.74, 6) is 0. The Kier molecular flexibility index (Phi) is 3.17. The summed E-state index contributed by atoms with van der Waals surface area (Å²) < 4.78 is 0. The van der Waals surface area contributed by atoms with E-state index in [0.29, 0.717) is 6.04 Å². The van der Waals surface area contributed by atoms with Gasteiger partial charge in [-0.15, -0.1) is 0 Å². The summed E-state index contributed by atoms with van der Waals surface area (Å²) in [7, 11) is 2.05. The highest BCUT2D eigenvalue weighted by atomic mass is 16.1. The van der Waals surface area contributed by atoms with Crippen LogP contribution in [0.3, 0.4) is 0 Å². The highest BCUT2D eigenvalue weighted by Gasteiger charge is 2.27. The lowest BCUT2D eigenvalue weighted by Crippen LogP contribution is -2.39. The first kappa shape index (κ1) is 10.4. The number of carbonyl (C=O) groups is 1. The van der Waals surface area contributed by atoms with Crippen molar-refractivity contribution in [3.05, 3.63) is 35.9 Å². The van der Waals surface area contributed by atoms with Crippen molar-refractivity contribution in [1.29, 1.82) is 0 Å². The van der Waals surface area contributed by atoms with Crippen molar-refractivity contribution in [2.24, 2.45) is 0 Å². The molecule has 0 bridgehead atoms. The van der Waals surface area contributed by atoms with Crippen LogP contribution in [0.5, 0.6) is 0 Å². The van der Waals surface area contributed by atoms with Crippen LogP contribution < -0.4 is 0 Å². The van der Waals surface area contributed by atoms with Gasteiger partial charge in [-0.25, -0.2) is 0 Å². The van der Waals surface area contributed by atoms with Gasteiger partial charge in [0.25, 0.3) is 0 Å². The molecule has 2 unspecified atom stereocenters. The van der Waals surface area contributed by atoms with Crippen molar-refractivity contribution in [2.75, 3.05) is 7.05 Å². The molecule has 2 heteroatoms. The van der Waals surface area contributed by atoms with E-state index in [9.17, 15) is 4.79 Å². The van der Waals surface area contributed by atoms with Crippen molar-refractivity contribution in [3.8, 4) is 0 Å². The highest BCUT2D eigenvalue weighted by Crippen LogP contribution is 2.31. The monoisotopic (exact) mass is 203 g/mol. The molecule has 1 aliphatic heterocycles. The van der Waals surface area contributed by atoms with Gasteiger partial charge >= 0.3 is 0 Å². The molecule has 1 heterocycles. The minimum atomic E-state index is 0.101. The smallest absolute Gasteiger partial charge is 0.137 e. The number of piperidine rings is 1. The van der Waals surface area contributed by atoms with Gasteiger partial charge in [0.2, 0.25) is 0 Å². The van der Waals surface area contributed by atoms with Crippen molar-refractivity contribution in [1.82, 2.24) is 4.90 Å². The molecule has 1 aromatic carbocycles. The Morgan fingerprint density at radius 3 is 2.67 bits per heavy atom. The Balaban J connectivity index is 2.18. The summed E-state index contributed by atoms with van der Waals surface area (Å²) in [5.41, 5.74) is 1.33. The molecule has 15 heavy (non-hydrogen) atoms. The van der Waals surface area contributed by atoms with E-state index in [4.69, 9.17) is 0 Å². The Labute approximate surface area is 90.9 Å². The fraction of sp³-hybridized carbons (Fsp3) is 0.462. The normalized spacial score (nSPS) is 27.5. The molecular weight excluding hydrogens is 186 g/mol.